The summed E-state index contributed by atoms with van der Waals surface area (Å²) < 4.78 is 0. The van der Waals surface area contributed by atoms with Crippen LogP contribution in [-0.2, 0) is 4.79 Å². The van der Waals surface area contributed by atoms with Crippen LogP contribution < -0.4 is 4.90 Å². The number of nitriles is 1. The Kier molecular flexibility index (Phi) is 3.41. The van der Waals surface area contributed by atoms with Gasteiger partial charge in [0, 0.05) is 13.0 Å². The molecule has 0 radical (unpaired) electrons. The van der Waals surface area contributed by atoms with Crippen molar-refractivity contribution in [3.63, 3.8) is 0 Å². The summed E-state index contributed by atoms with van der Waals surface area (Å²) in [6.45, 7) is 0.225. The maximum atomic E-state index is 11.1. The van der Waals surface area contributed by atoms with E-state index in [4.69, 9.17) is 22.0 Å². The molecule has 2 N–H and O–H groups in total. The number of anilines is 1. The fraction of sp³-hybridized carbons (Fsp3) is 0.333. The first kappa shape index (κ1) is 12.7. The topological polar surface area (TPSA) is 84.6 Å². The first-order valence-electron chi connectivity index (χ1n) is 5.40. The summed E-state index contributed by atoms with van der Waals surface area (Å²) in [5.41, 5.74) is 0.940. The Balaban J connectivity index is 2.36. The van der Waals surface area contributed by atoms with Crippen LogP contribution in [0.15, 0.2) is 18.2 Å². The van der Waals surface area contributed by atoms with E-state index in [1.807, 2.05) is 6.07 Å². The third-order valence-corrected chi connectivity index (χ3v) is 3.25. The maximum Gasteiger partial charge on any atom is 0.326 e. The van der Waals surface area contributed by atoms with Crippen LogP contribution in [-0.4, -0.2) is 34.9 Å². The van der Waals surface area contributed by atoms with Gasteiger partial charge in [0.2, 0.25) is 0 Å². The SMILES string of the molecule is N#Cc1ccc(N2CC(O)CC2C(=O)O)c(Cl)c1. The number of hydrogen-bond acceptors (Lipinski definition) is 4. The number of rotatable bonds is 2. The van der Waals surface area contributed by atoms with Crippen molar-refractivity contribution in [3.8, 4) is 6.07 Å². The van der Waals surface area contributed by atoms with E-state index in [1.54, 1.807) is 17.0 Å². The lowest BCUT2D eigenvalue weighted by atomic mass is 10.1. The van der Waals surface area contributed by atoms with Gasteiger partial charge in [-0.3, -0.25) is 0 Å². The largest absolute Gasteiger partial charge is 0.480 e. The highest BCUT2D eigenvalue weighted by Crippen LogP contribution is 2.32. The third kappa shape index (κ3) is 2.26. The van der Waals surface area contributed by atoms with Crippen molar-refractivity contribution in [2.75, 3.05) is 11.4 Å². The summed E-state index contributed by atoms with van der Waals surface area (Å²) in [7, 11) is 0. The summed E-state index contributed by atoms with van der Waals surface area (Å²) in [5, 5.41) is 27.7. The van der Waals surface area contributed by atoms with E-state index in [-0.39, 0.29) is 13.0 Å². The molecular formula is C12H11ClN2O3. The third-order valence-electron chi connectivity index (χ3n) is 2.95. The fourth-order valence-corrected chi connectivity index (χ4v) is 2.41. The number of nitrogens with zero attached hydrogens (tertiary/aromatic N) is 2. The fourth-order valence-electron chi connectivity index (χ4n) is 2.12. The second-order valence-corrected chi connectivity index (χ2v) is 4.58. The molecule has 1 aliphatic rings. The molecule has 5 nitrogen and oxygen atoms in total. The molecule has 0 bridgehead atoms. The Hall–Kier alpha value is -1.77. The van der Waals surface area contributed by atoms with Crippen LogP contribution in [0.4, 0.5) is 5.69 Å². The molecule has 0 amide bonds. The minimum atomic E-state index is -0.994. The van der Waals surface area contributed by atoms with Gasteiger partial charge < -0.3 is 15.1 Å². The molecule has 2 atom stereocenters. The van der Waals surface area contributed by atoms with Gasteiger partial charge in [-0.15, -0.1) is 0 Å². The number of aliphatic hydroxyl groups is 1. The van der Waals surface area contributed by atoms with E-state index in [2.05, 4.69) is 0 Å². The molecule has 1 heterocycles. The second kappa shape index (κ2) is 4.84. The summed E-state index contributed by atoms with van der Waals surface area (Å²) in [5.74, 6) is -0.994. The van der Waals surface area contributed by atoms with Crippen LogP contribution in [0.2, 0.25) is 5.02 Å². The predicted molar refractivity (Wildman–Crippen MR) is 65.6 cm³/mol. The lowest BCUT2D eigenvalue weighted by Gasteiger charge is -2.24. The van der Waals surface area contributed by atoms with E-state index in [0.717, 1.165) is 0 Å². The number of β-amino-alcohol motifs (C(OH)–C–C–N with tert-alkyl or cyclic N) is 1. The average Bonchev–Trinajstić information content (AvgIpc) is 2.71. The molecule has 0 saturated carbocycles. The molecule has 0 spiro atoms. The van der Waals surface area contributed by atoms with Gasteiger partial charge in [0.1, 0.15) is 6.04 Å². The Bertz CT molecular complexity index is 527. The molecular weight excluding hydrogens is 256 g/mol. The second-order valence-electron chi connectivity index (χ2n) is 4.17. The van der Waals surface area contributed by atoms with Crippen LogP contribution in [0.5, 0.6) is 0 Å². The van der Waals surface area contributed by atoms with Gasteiger partial charge >= 0.3 is 5.97 Å². The summed E-state index contributed by atoms with van der Waals surface area (Å²) >= 11 is 6.04. The zero-order valence-electron chi connectivity index (χ0n) is 9.38. The number of hydrogen-bond donors (Lipinski definition) is 2. The first-order chi connectivity index (χ1) is 8.52. The quantitative estimate of drug-likeness (QED) is 0.841. The van der Waals surface area contributed by atoms with Crippen molar-refractivity contribution in [2.24, 2.45) is 0 Å². The van der Waals surface area contributed by atoms with Crippen molar-refractivity contribution in [2.45, 2.75) is 18.6 Å². The monoisotopic (exact) mass is 266 g/mol. The van der Waals surface area contributed by atoms with E-state index in [9.17, 15) is 9.90 Å². The molecule has 0 aliphatic carbocycles. The molecule has 1 aliphatic heterocycles. The smallest absolute Gasteiger partial charge is 0.326 e. The van der Waals surface area contributed by atoms with Crippen LogP contribution in [0.1, 0.15) is 12.0 Å². The average molecular weight is 267 g/mol. The minimum Gasteiger partial charge on any atom is -0.480 e. The summed E-state index contributed by atoms with van der Waals surface area (Å²) in [6, 6.07) is 5.84. The van der Waals surface area contributed by atoms with Gasteiger partial charge in [0.05, 0.1) is 28.4 Å². The van der Waals surface area contributed by atoms with Crippen molar-refractivity contribution >= 4 is 23.3 Å². The Morgan fingerprint density at radius 3 is 2.83 bits per heavy atom. The van der Waals surface area contributed by atoms with Crippen LogP contribution in [0.25, 0.3) is 0 Å². The first-order valence-corrected chi connectivity index (χ1v) is 5.78. The summed E-state index contributed by atoms with van der Waals surface area (Å²) in [6.07, 6.45) is -0.510. The Morgan fingerprint density at radius 1 is 1.56 bits per heavy atom. The number of carbonyl (C=O) groups is 1. The van der Waals surface area contributed by atoms with Gasteiger partial charge in [0.15, 0.2) is 0 Å². The van der Waals surface area contributed by atoms with E-state index < -0.39 is 18.1 Å². The molecule has 1 aromatic rings. The van der Waals surface area contributed by atoms with Crippen molar-refractivity contribution < 1.29 is 15.0 Å². The number of carboxylic acid groups (broad SMARTS) is 1. The molecule has 2 unspecified atom stereocenters. The van der Waals surface area contributed by atoms with E-state index >= 15 is 0 Å². The molecule has 1 saturated heterocycles. The molecule has 1 fully saturated rings. The number of aliphatic hydroxyl groups excluding tert-OH is 1. The van der Waals surface area contributed by atoms with Gasteiger partial charge in [-0.25, -0.2) is 4.79 Å². The predicted octanol–water partition coefficient (Wildman–Crippen LogP) is 1.24. The standard InChI is InChI=1S/C12H11ClN2O3/c13-9-3-7(5-14)1-2-10(9)15-6-8(16)4-11(15)12(17)18/h1-3,8,11,16H,4,6H2,(H,17,18). The van der Waals surface area contributed by atoms with Gasteiger partial charge in [0.25, 0.3) is 0 Å². The highest BCUT2D eigenvalue weighted by Gasteiger charge is 2.36. The highest BCUT2D eigenvalue weighted by molar-refractivity contribution is 6.33. The Labute approximate surface area is 109 Å². The zero-order chi connectivity index (χ0) is 13.3. The van der Waals surface area contributed by atoms with Crippen LogP contribution in [0, 0.1) is 11.3 Å². The highest BCUT2D eigenvalue weighted by atomic mass is 35.5. The Morgan fingerprint density at radius 2 is 2.28 bits per heavy atom. The van der Waals surface area contributed by atoms with Crippen LogP contribution in [0.3, 0.4) is 0 Å². The molecule has 1 aromatic carbocycles. The number of halogens is 1. The van der Waals surface area contributed by atoms with Crippen molar-refractivity contribution in [1.82, 2.24) is 0 Å². The van der Waals surface area contributed by atoms with Crippen LogP contribution >= 0.6 is 11.6 Å². The summed E-state index contributed by atoms with van der Waals surface area (Å²) in [4.78, 5) is 12.7. The van der Waals surface area contributed by atoms with Gasteiger partial charge in [-0.05, 0) is 18.2 Å². The molecule has 0 aromatic heterocycles. The van der Waals surface area contributed by atoms with Crippen molar-refractivity contribution in [1.29, 1.82) is 5.26 Å². The maximum absolute atomic E-state index is 11.1. The van der Waals surface area contributed by atoms with E-state index in [0.29, 0.717) is 16.3 Å². The van der Waals surface area contributed by atoms with Gasteiger partial charge in [-0.2, -0.15) is 5.26 Å². The van der Waals surface area contributed by atoms with E-state index in [1.165, 1.54) is 6.07 Å². The molecule has 18 heavy (non-hydrogen) atoms. The zero-order valence-corrected chi connectivity index (χ0v) is 10.1. The number of aliphatic carboxylic acids is 1. The van der Waals surface area contributed by atoms with Crippen molar-refractivity contribution in [3.05, 3.63) is 28.8 Å². The lowest BCUT2D eigenvalue weighted by Crippen LogP contribution is -2.36. The number of benzene rings is 1. The van der Waals surface area contributed by atoms with Gasteiger partial charge in [-0.1, -0.05) is 11.6 Å². The minimum absolute atomic E-state index is 0.172. The molecule has 94 valence electrons. The molecule has 6 heteroatoms. The normalized spacial score (nSPS) is 22.8. The molecule has 2 rings (SSSR count). The lowest BCUT2D eigenvalue weighted by molar-refractivity contribution is -0.138. The number of carboxylic acids is 1.